The topological polar surface area (TPSA) is 60.2 Å². The van der Waals surface area contributed by atoms with E-state index in [9.17, 15) is 8.78 Å². The minimum Gasteiger partial charge on any atom is -0.454 e. The summed E-state index contributed by atoms with van der Waals surface area (Å²) in [5, 5.41) is 0. The van der Waals surface area contributed by atoms with Crippen molar-refractivity contribution in [3.8, 4) is 11.5 Å². The average Bonchev–Trinajstić information content (AvgIpc) is 2.35. The summed E-state index contributed by atoms with van der Waals surface area (Å²) in [5.74, 6) is 3.54. The number of hydrogen-bond acceptors (Lipinski definition) is 4. The number of nitrogen functional groups attached to an aromatic ring is 1. The zero-order valence-electron chi connectivity index (χ0n) is 8.95. The highest BCUT2D eigenvalue weighted by atomic mass is 79.9. The number of aromatic nitrogens is 1. The van der Waals surface area contributed by atoms with E-state index in [0.717, 1.165) is 6.07 Å². The predicted octanol–water partition coefficient (Wildman–Crippen LogP) is 3.20. The molecule has 1 heterocycles. The molecule has 0 fully saturated rings. The van der Waals surface area contributed by atoms with Gasteiger partial charge in [-0.15, -0.1) is 0 Å². The van der Waals surface area contributed by atoms with Gasteiger partial charge < -0.3 is 10.2 Å². The lowest BCUT2D eigenvalue weighted by molar-refractivity contribution is 0.415. The Bertz CT molecular complexity index is 580. The number of ether oxygens (including phenoxy) is 1. The number of benzene rings is 1. The van der Waals surface area contributed by atoms with Gasteiger partial charge in [0.15, 0.2) is 11.6 Å². The lowest BCUT2D eigenvalue weighted by Crippen LogP contribution is -2.08. The number of nitrogens with two attached hydrogens (primary N) is 1. The fourth-order valence-corrected chi connectivity index (χ4v) is 1.70. The maximum atomic E-state index is 13.5. The Hall–Kier alpha value is -1.73. The van der Waals surface area contributed by atoms with Gasteiger partial charge in [0.1, 0.15) is 11.6 Å². The Balaban J connectivity index is 2.33. The predicted molar refractivity (Wildman–Crippen MR) is 66.2 cm³/mol. The summed E-state index contributed by atoms with van der Waals surface area (Å²) in [5.41, 5.74) is 2.32. The molecular weight excluding hydrogens is 308 g/mol. The van der Waals surface area contributed by atoms with Crippen LogP contribution in [-0.2, 0) is 0 Å². The number of halogens is 3. The van der Waals surface area contributed by atoms with Gasteiger partial charge in [0.2, 0.25) is 5.82 Å². The minimum absolute atomic E-state index is 0.226. The zero-order chi connectivity index (χ0) is 13.1. The van der Waals surface area contributed by atoms with Crippen LogP contribution in [0, 0.1) is 11.6 Å². The maximum Gasteiger partial charge on any atom is 0.201 e. The van der Waals surface area contributed by atoms with Crippen molar-refractivity contribution >= 4 is 21.7 Å². The SMILES string of the molecule is NNc1cc(Oc2cc(Br)cc(F)c2F)ccn1. The molecule has 4 nitrogen and oxygen atoms in total. The molecule has 0 saturated heterocycles. The highest BCUT2D eigenvalue weighted by Crippen LogP contribution is 2.29. The molecule has 2 rings (SSSR count). The monoisotopic (exact) mass is 315 g/mol. The first-order valence-electron chi connectivity index (χ1n) is 4.85. The molecule has 3 N–H and O–H groups in total. The van der Waals surface area contributed by atoms with Crippen molar-refractivity contribution in [2.24, 2.45) is 5.84 Å². The van der Waals surface area contributed by atoms with Crippen LogP contribution in [0.4, 0.5) is 14.6 Å². The van der Waals surface area contributed by atoms with Crippen molar-refractivity contribution in [1.29, 1.82) is 0 Å². The van der Waals surface area contributed by atoms with Crippen LogP contribution in [0.3, 0.4) is 0 Å². The van der Waals surface area contributed by atoms with Crippen molar-refractivity contribution < 1.29 is 13.5 Å². The number of hydrogen-bond donors (Lipinski definition) is 2. The summed E-state index contributed by atoms with van der Waals surface area (Å²) in [7, 11) is 0. The lowest BCUT2D eigenvalue weighted by Gasteiger charge is -2.08. The Kier molecular flexibility index (Phi) is 3.73. The second-order valence-electron chi connectivity index (χ2n) is 3.32. The van der Waals surface area contributed by atoms with Crippen LogP contribution in [0.1, 0.15) is 0 Å². The highest BCUT2D eigenvalue weighted by Gasteiger charge is 2.12. The molecule has 0 aliphatic rings. The molecule has 0 aliphatic carbocycles. The van der Waals surface area contributed by atoms with Crippen LogP contribution in [0.15, 0.2) is 34.9 Å². The molecule has 0 saturated carbocycles. The van der Waals surface area contributed by atoms with E-state index >= 15 is 0 Å². The standard InChI is InChI=1S/C11H8BrF2N3O/c12-6-3-8(13)11(14)9(4-6)18-7-1-2-16-10(5-7)17-15/h1-5H,15H2,(H,16,17). The summed E-state index contributed by atoms with van der Waals surface area (Å²) in [6.45, 7) is 0. The Morgan fingerprint density at radius 1 is 1.28 bits per heavy atom. The average molecular weight is 316 g/mol. The fourth-order valence-electron chi connectivity index (χ4n) is 1.29. The molecule has 1 aromatic heterocycles. The molecule has 0 bridgehead atoms. The summed E-state index contributed by atoms with van der Waals surface area (Å²) in [6.07, 6.45) is 1.43. The van der Waals surface area contributed by atoms with E-state index in [1.165, 1.54) is 24.4 Å². The number of nitrogens with zero attached hydrogens (tertiary/aromatic N) is 1. The fraction of sp³-hybridized carbons (Fsp3) is 0. The van der Waals surface area contributed by atoms with E-state index in [1.54, 1.807) is 0 Å². The van der Waals surface area contributed by atoms with E-state index < -0.39 is 11.6 Å². The molecule has 0 aliphatic heterocycles. The second-order valence-corrected chi connectivity index (χ2v) is 4.24. The summed E-state index contributed by atoms with van der Waals surface area (Å²) < 4.78 is 32.2. The lowest BCUT2D eigenvalue weighted by atomic mass is 10.3. The molecule has 0 unspecified atom stereocenters. The first-order chi connectivity index (χ1) is 8.60. The second kappa shape index (κ2) is 5.28. The Morgan fingerprint density at radius 2 is 2.06 bits per heavy atom. The quantitative estimate of drug-likeness (QED) is 0.519. The van der Waals surface area contributed by atoms with Gasteiger partial charge in [-0.1, -0.05) is 15.9 Å². The zero-order valence-corrected chi connectivity index (χ0v) is 10.5. The molecule has 0 atom stereocenters. The summed E-state index contributed by atoms with van der Waals surface area (Å²) in [6, 6.07) is 5.30. The summed E-state index contributed by atoms with van der Waals surface area (Å²) >= 11 is 3.06. The molecule has 18 heavy (non-hydrogen) atoms. The number of nitrogens with one attached hydrogen (secondary N) is 1. The number of pyridine rings is 1. The highest BCUT2D eigenvalue weighted by molar-refractivity contribution is 9.10. The van der Waals surface area contributed by atoms with E-state index in [1.807, 2.05) is 0 Å². The Morgan fingerprint density at radius 3 is 2.78 bits per heavy atom. The summed E-state index contributed by atoms with van der Waals surface area (Å²) in [4.78, 5) is 3.86. The van der Waals surface area contributed by atoms with Gasteiger partial charge in [0, 0.05) is 16.7 Å². The van der Waals surface area contributed by atoms with Crippen LogP contribution in [-0.4, -0.2) is 4.98 Å². The van der Waals surface area contributed by atoms with Crippen LogP contribution < -0.4 is 16.0 Å². The first-order valence-corrected chi connectivity index (χ1v) is 5.64. The number of anilines is 1. The third-order valence-corrected chi connectivity index (χ3v) is 2.52. The molecule has 1 aromatic carbocycles. The van der Waals surface area contributed by atoms with Crippen LogP contribution in [0.5, 0.6) is 11.5 Å². The molecular formula is C11H8BrF2N3O. The maximum absolute atomic E-state index is 13.5. The van der Waals surface area contributed by atoms with Crippen molar-refractivity contribution in [2.75, 3.05) is 5.43 Å². The molecule has 2 aromatic rings. The van der Waals surface area contributed by atoms with Crippen molar-refractivity contribution in [1.82, 2.24) is 4.98 Å². The Labute approximate surface area is 110 Å². The van der Waals surface area contributed by atoms with Crippen molar-refractivity contribution in [3.63, 3.8) is 0 Å². The van der Waals surface area contributed by atoms with Crippen LogP contribution in [0.2, 0.25) is 0 Å². The van der Waals surface area contributed by atoms with E-state index in [2.05, 4.69) is 26.3 Å². The molecule has 0 amide bonds. The third kappa shape index (κ3) is 2.74. The van der Waals surface area contributed by atoms with E-state index in [-0.39, 0.29) is 11.5 Å². The van der Waals surface area contributed by atoms with Gasteiger partial charge in [-0.25, -0.2) is 15.2 Å². The minimum atomic E-state index is -1.06. The van der Waals surface area contributed by atoms with Gasteiger partial charge >= 0.3 is 0 Å². The number of hydrazine groups is 1. The van der Waals surface area contributed by atoms with E-state index in [4.69, 9.17) is 10.6 Å². The molecule has 0 spiro atoms. The smallest absolute Gasteiger partial charge is 0.201 e. The molecule has 94 valence electrons. The van der Waals surface area contributed by atoms with Crippen molar-refractivity contribution in [2.45, 2.75) is 0 Å². The van der Waals surface area contributed by atoms with Gasteiger partial charge in [-0.2, -0.15) is 4.39 Å². The van der Waals surface area contributed by atoms with E-state index in [0.29, 0.717) is 10.3 Å². The molecule has 7 heteroatoms. The third-order valence-electron chi connectivity index (χ3n) is 2.07. The normalized spacial score (nSPS) is 10.2. The van der Waals surface area contributed by atoms with Gasteiger partial charge in [0.05, 0.1) is 0 Å². The first kappa shape index (κ1) is 12.7. The van der Waals surface area contributed by atoms with Crippen LogP contribution >= 0.6 is 15.9 Å². The van der Waals surface area contributed by atoms with Gasteiger partial charge in [0.25, 0.3) is 0 Å². The van der Waals surface area contributed by atoms with Crippen LogP contribution in [0.25, 0.3) is 0 Å². The van der Waals surface area contributed by atoms with Gasteiger partial charge in [-0.05, 0) is 18.2 Å². The largest absolute Gasteiger partial charge is 0.454 e. The number of rotatable bonds is 3. The van der Waals surface area contributed by atoms with Gasteiger partial charge in [-0.3, -0.25) is 0 Å². The van der Waals surface area contributed by atoms with Crippen molar-refractivity contribution in [3.05, 3.63) is 46.6 Å². The molecule has 0 radical (unpaired) electrons.